The van der Waals surface area contributed by atoms with Gasteiger partial charge in [0, 0.05) is 12.7 Å². The zero-order valence-corrected chi connectivity index (χ0v) is 14.7. The van der Waals surface area contributed by atoms with Crippen molar-refractivity contribution in [1.82, 2.24) is 16.0 Å². The number of amides is 2. The van der Waals surface area contributed by atoms with E-state index in [9.17, 15) is 19.5 Å². The van der Waals surface area contributed by atoms with Gasteiger partial charge in [0.1, 0.15) is 0 Å². The normalized spacial score (nSPS) is 14.2. The fourth-order valence-electron chi connectivity index (χ4n) is 2.10. The molecule has 1 aromatic rings. The lowest BCUT2D eigenvalue weighted by Crippen LogP contribution is -2.55. The molecule has 8 nitrogen and oxygen atoms in total. The van der Waals surface area contributed by atoms with Crippen LogP contribution >= 0.6 is 12.6 Å². The first-order valence-electron chi connectivity index (χ1n) is 7.69. The summed E-state index contributed by atoms with van der Waals surface area (Å²) in [7, 11) is 0. The van der Waals surface area contributed by atoms with Crippen LogP contribution in [0.4, 0.5) is 0 Å². The van der Waals surface area contributed by atoms with Gasteiger partial charge < -0.3 is 20.8 Å². The number of carboxylic acids is 1. The second-order valence-corrected chi connectivity index (χ2v) is 5.80. The molecule has 0 spiro atoms. The minimum atomic E-state index is -1.75. The molecule has 0 fully saturated rings. The van der Waals surface area contributed by atoms with E-state index in [0.29, 0.717) is 0 Å². The highest BCUT2D eigenvalue weighted by atomic mass is 32.1. The summed E-state index contributed by atoms with van der Waals surface area (Å²) in [6, 6.07) is 7.18. The Kier molecular flexibility index (Phi) is 8.96. The van der Waals surface area contributed by atoms with Crippen LogP contribution < -0.4 is 16.0 Å². The van der Waals surface area contributed by atoms with Gasteiger partial charge in [0.25, 0.3) is 0 Å². The standard InChI is InChI=1S/C16H23N3O5S/c1-10(20)17-9-18-13(8-25)15(22)19-12(14(21)16(23)24)7-11-5-3-2-4-6-11/h2-6,12-14,18,21,25H,7-9H2,1H3,(H,17,20)(H,19,22)(H,23,24)/t12-,13+,14+/m1/s1. The van der Waals surface area contributed by atoms with Crippen molar-refractivity contribution in [2.24, 2.45) is 0 Å². The van der Waals surface area contributed by atoms with Gasteiger partial charge in [-0.1, -0.05) is 30.3 Å². The van der Waals surface area contributed by atoms with Crippen LogP contribution in [0.3, 0.4) is 0 Å². The van der Waals surface area contributed by atoms with Crippen LogP contribution in [-0.4, -0.2) is 58.6 Å². The Morgan fingerprint density at radius 3 is 2.36 bits per heavy atom. The van der Waals surface area contributed by atoms with E-state index in [1.807, 2.05) is 6.07 Å². The smallest absolute Gasteiger partial charge is 0.334 e. The Morgan fingerprint density at radius 1 is 1.20 bits per heavy atom. The number of hydrogen-bond donors (Lipinski definition) is 6. The third kappa shape index (κ3) is 7.55. The minimum absolute atomic E-state index is 0.0683. The quantitative estimate of drug-likeness (QED) is 0.235. The van der Waals surface area contributed by atoms with Crippen LogP contribution in [0.1, 0.15) is 12.5 Å². The zero-order valence-electron chi connectivity index (χ0n) is 13.8. The molecule has 2 amide bonds. The molecule has 5 N–H and O–H groups in total. The molecule has 0 aliphatic carbocycles. The van der Waals surface area contributed by atoms with Gasteiger partial charge in [-0.05, 0) is 12.0 Å². The fourth-order valence-corrected chi connectivity index (χ4v) is 2.40. The number of benzene rings is 1. The third-order valence-corrected chi connectivity index (χ3v) is 3.81. The molecule has 0 aromatic heterocycles. The predicted octanol–water partition coefficient (Wildman–Crippen LogP) is -0.859. The van der Waals surface area contributed by atoms with Crippen molar-refractivity contribution in [3.63, 3.8) is 0 Å². The number of nitrogens with one attached hydrogen (secondary N) is 3. The number of rotatable bonds is 10. The van der Waals surface area contributed by atoms with E-state index in [0.717, 1.165) is 5.56 Å². The van der Waals surface area contributed by atoms with Gasteiger partial charge in [-0.3, -0.25) is 14.9 Å². The molecule has 1 aromatic carbocycles. The SMILES string of the molecule is CC(=O)NCN[C@@H](CS)C(=O)N[C@H](Cc1ccccc1)[C@H](O)C(=O)O. The maximum absolute atomic E-state index is 12.3. The summed E-state index contributed by atoms with van der Waals surface area (Å²) in [5.74, 6) is -2.06. The van der Waals surface area contributed by atoms with Crippen LogP contribution in [0.2, 0.25) is 0 Å². The van der Waals surface area contributed by atoms with E-state index in [4.69, 9.17) is 5.11 Å². The Labute approximate surface area is 151 Å². The van der Waals surface area contributed by atoms with Gasteiger partial charge in [0.15, 0.2) is 6.10 Å². The van der Waals surface area contributed by atoms with Crippen molar-refractivity contribution >= 4 is 30.4 Å². The van der Waals surface area contributed by atoms with Crippen LogP contribution in [0.25, 0.3) is 0 Å². The fraction of sp³-hybridized carbons (Fsp3) is 0.438. The molecule has 138 valence electrons. The highest BCUT2D eigenvalue weighted by Crippen LogP contribution is 2.07. The third-order valence-electron chi connectivity index (χ3n) is 3.45. The maximum Gasteiger partial charge on any atom is 0.334 e. The summed E-state index contributed by atoms with van der Waals surface area (Å²) in [4.78, 5) is 34.3. The lowest BCUT2D eigenvalue weighted by atomic mass is 10.0. The summed E-state index contributed by atoms with van der Waals surface area (Å²) in [5.41, 5.74) is 0.779. The van der Waals surface area contributed by atoms with E-state index in [2.05, 4.69) is 28.6 Å². The zero-order chi connectivity index (χ0) is 18.8. The maximum atomic E-state index is 12.3. The van der Waals surface area contributed by atoms with Gasteiger partial charge in [-0.2, -0.15) is 12.6 Å². The Balaban J connectivity index is 2.75. The van der Waals surface area contributed by atoms with Gasteiger partial charge in [0.05, 0.1) is 18.8 Å². The monoisotopic (exact) mass is 369 g/mol. The van der Waals surface area contributed by atoms with E-state index in [1.54, 1.807) is 24.3 Å². The van der Waals surface area contributed by atoms with Crippen molar-refractivity contribution in [1.29, 1.82) is 0 Å². The topological polar surface area (TPSA) is 128 Å². The average Bonchev–Trinajstić information content (AvgIpc) is 2.57. The summed E-state index contributed by atoms with van der Waals surface area (Å²) in [6.45, 7) is 1.41. The number of aliphatic hydroxyl groups is 1. The molecule has 0 saturated carbocycles. The highest BCUT2D eigenvalue weighted by molar-refractivity contribution is 7.80. The predicted molar refractivity (Wildman–Crippen MR) is 95.2 cm³/mol. The first-order chi connectivity index (χ1) is 11.8. The molecule has 9 heteroatoms. The Morgan fingerprint density at radius 2 is 1.84 bits per heavy atom. The number of hydrogen-bond acceptors (Lipinski definition) is 6. The first kappa shape index (κ1) is 20.9. The van der Waals surface area contributed by atoms with Gasteiger partial charge in [0.2, 0.25) is 11.8 Å². The number of thiol groups is 1. The van der Waals surface area contributed by atoms with Crippen molar-refractivity contribution in [2.75, 3.05) is 12.4 Å². The molecular weight excluding hydrogens is 346 g/mol. The summed E-state index contributed by atoms with van der Waals surface area (Å²) in [5, 5.41) is 26.8. The van der Waals surface area contributed by atoms with Crippen molar-refractivity contribution < 1.29 is 24.6 Å². The molecule has 1 rings (SSSR count). The average molecular weight is 369 g/mol. The lowest BCUT2D eigenvalue weighted by Gasteiger charge is -2.24. The second-order valence-electron chi connectivity index (χ2n) is 5.44. The number of aliphatic carboxylic acids is 1. The van der Waals surface area contributed by atoms with Crippen LogP contribution in [0, 0.1) is 0 Å². The van der Waals surface area contributed by atoms with Crippen LogP contribution in [0.15, 0.2) is 30.3 Å². The summed E-state index contributed by atoms with van der Waals surface area (Å²) >= 11 is 4.08. The van der Waals surface area contributed by atoms with E-state index >= 15 is 0 Å². The van der Waals surface area contributed by atoms with E-state index in [1.165, 1.54) is 6.92 Å². The molecule has 0 saturated heterocycles. The first-order valence-corrected chi connectivity index (χ1v) is 8.32. The van der Waals surface area contributed by atoms with E-state index in [-0.39, 0.29) is 24.7 Å². The van der Waals surface area contributed by atoms with Gasteiger partial charge >= 0.3 is 5.97 Å². The number of carbonyl (C=O) groups excluding carboxylic acids is 2. The molecule has 0 unspecified atom stereocenters. The van der Waals surface area contributed by atoms with Gasteiger partial charge in [-0.25, -0.2) is 4.79 Å². The number of aliphatic hydroxyl groups excluding tert-OH is 1. The highest BCUT2D eigenvalue weighted by Gasteiger charge is 2.29. The largest absolute Gasteiger partial charge is 0.479 e. The number of carboxylic acid groups (broad SMARTS) is 1. The van der Waals surface area contributed by atoms with Crippen LogP contribution in [-0.2, 0) is 20.8 Å². The van der Waals surface area contributed by atoms with Gasteiger partial charge in [-0.15, -0.1) is 0 Å². The molecule has 0 radical (unpaired) electrons. The molecule has 0 bridgehead atoms. The van der Waals surface area contributed by atoms with Crippen LogP contribution in [0.5, 0.6) is 0 Å². The summed E-state index contributed by atoms with van der Waals surface area (Å²) in [6.07, 6.45) is -1.59. The molecule has 0 heterocycles. The Hall–Kier alpha value is -2.10. The molecule has 3 atom stereocenters. The molecule has 0 aliphatic heterocycles. The molecule has 0 aliphatic rings. The second kappa shape index (κ2) is 10.7. The minimum Gasteiger partial charge on any atom is -0.479 e. The van der Waals surface area contributed by atoms with Crippen molar-refractivity contribution in [3.05, 3.63) is 35.9 Å². The lowest BCUT2D eigenvalue weighted by molar-refractivity contribution is -0.148. The summed E-state index contributed by atoms with van der Waals surface area (Å²) < 4.78 is 0. The van der Waals surface area contributed by atoms with Crippen molar-refractivity contribution in [3.8, 4) is 0 Å². The number of carbonyl (C=O) groups is 3. The Bertz CT molecular complexity index is 584. The van der Waals surface area contributed by atoms with Crippen molar-refractivity contribution in [2.45, 2.75) is 31.5 Å². The van der Waals surface area contributed by atoms with E-state index < -0.39 is 30.1 Å². The molecule has 25 heavy (non-hydrogen) atoms. The molecular formula is C16H23N3O5S.